The first-order valence-electron chi connectivity index (χ1n) is 6.35. The predicted molar refractivity (Wildman–Crippen MR) is 72.4 cm³/mol. The molecular formula is C15H26O. The summed E-state index contributed by atoms with van der Waals surface area (Å²) in [6.07, 6.45) is 9.46. The summed E-state index contributed by atoms with van der Waals surface area (Å²) in [5.74, 6) is 0. The molecule has 1 heteroatoms. The fourth-order valence-corrected chi connectivity index (χ4v) is 2.06. The van der Waals surface area contributed by atoms with E-state index in [0.717, 1.165) is 31.3 Å². The Bertz CT molecular complexity index is 246. The summed E-state index contributed by atoms with van der Waals surface area (Å²) >= 11 is 0. The Labute approximate surface area is 101 Å². The Morgan fingerprint density at radius 3 is 2.25 bits per heavy atom. The zero-order valence-corrected chi connectivity index (χ0v) is 11.0. The molecular weight excluding hydrogens is 196 g/mol. The Kier molecular flexibility index (Phi) is 7.07. The van der Waals surface area contributed by atoms with Crippen LogP contribution in [0.5, 0.6) is 0 Å². The third-order valence-corrected chi connectivity index (χ3v) is 3.08. The summed E-state index contributed by atoms with van der Waals surface area (Å²) in [6.45, 7) is 13.6. The van der Waals surface area contributed by atoms with Crippen molar-refractivity contribution in [2.75, 3.05) is 0 Å². The highest BCUT2D eigenvalue weighted by molar-refractivity contribution is 5.35. The lowest BCUT2D eigenvalue weighted by Gasteiger charge is -2.23. The highest BCUT2D eigenvalue weighted by atomic mass is 16.3. The van der Waals surface area contributed by atoms with E-state index in [4.69, 9.17) is 0 Å². The molecule has 1 fully saturated rings. The van der Waals surface area contributed by atoms with Crippen LogP contribution < -0.4 is 0 Å². The van der Waals surface area contributed by atoms with E-state index in [2.05, 4.69) is 20.1 Å². The Balaban J connectivity index is 0.00000106. The van der Waals surface area contributed by atoms with E-state index in [1.807, 2.05) is 26.0 Å². The Morgan fingerprint density at radius 2 is 1.94 bits per heavy atom. The van der Waals surface area contributed by atoms with Crippen molar-refractivity contribution in [3.05, 3.63) is 37.0 Å². The minimum absolute atomic E-state index is 0.00590. The van der Waals surface area contributed by atoms with Crippen LogP contribution in [-0.2, 0) is 0 Å². The molecule has 1 saturated carbocycles. The van der Waals surface area contributed by atoms with Crippen molar-refractivity contribution in [3.8, 4) is 0 Å². The molecule has 16 heavy (non-hydrogen) atoms. The molecule has 0 saturated heterocycles. The molecule has 1 nitrogen and oxygen atoms in total. The van der Waals surface area contributed by atoms with Crippen LogP contribution in [0.25, 0.3) is 0 Å². The molecule has 1 unspecified atom stereocenters. The molecule has 0 radical (unpaired) electrons. The van der Waals surface area contributed by atoms with Gasteiger partial charge in [0.2, 0.25) is 0 Å². The van der Waals surface area contributed by atoms with Gasteiger partial charge in [-0.1, -0.05) is 58.6 Å². The van der Waals surface area contributed by atoms with Crippen LogP contribution in [0.3, 0.4) is 0 Å². The van der Waals surface area contributed by atoms with E-state index in [1.54, 1.807) is 6.08 Å². The van der Waals surface area contributed by atoms with Crippen molar-refractivity contribution in [1.29, 1.82) is 0 Å². The van der Waals surface area contributed by atoms with Crippen LogP contribution in [0, 0.1) is 5.41 Å². The second-order valence-electron chi connectivity index (χ2n) is 4.02. The molecule has 0 aliphatic heterocycles. The number of aliphatic hydroxyl groups is 1. The topological polar surface area (TPSA) is 20.2 Å². The first-order valence-corrected chi connectivity index (χ1v) is 6.35. The van der Waals surface area contributed by atoms with Gasteiger partial charge in [-0.25, -0.2) is 0 Å². The van der Waals surface area contributed by atoms with Crippen LogP contribution in [0.1, 0.15) is 46.5 Å². The Morgan fingerprint density at radius 1 is 1.38 bits per heavy atom. The summed E-state index contributed by atoms with van der Waals surface area (Å²) in [4.78, 5) is 0. The van der Waals surface area contributed by atoms with Crippen LogP contribution in [0.15, 0.2) is 37.0 Å². The molecule has 0 aromatic heterocycles. The second-order valence-corrected chi connectivity index (χ2v) is 4.02. The van der Waals surface area contributed by atoms with E-state index in [-0.39, 0.29) is 11.5 Å². The molecule has 0 heterocycles. The zero-order valence-electron chi connectivity index (χ0n) is 11.0. The van der Waals surface area contributed by atoms with E-state index >= 15 is 0 Å². The standard InChI is InChI=1S/C13H20O.C2H6/c1-4-7-11(6-3)13(9-10-13)12(14)8-5-2;1-2/h4,6-7,12,14H,1,3,5,8-10H2,2H3;1-2H3/b11-7+;. The average Bonchev–Trinajstić information content (AvgIpc) is 3.10. The molecule has 92 valence electrons. The first-order chi connectivity index (χ1) is 7.71. The molecule has 0 aromatic rings. The van der Waals surface area contributed by atoms with Gasteiger partial charge >= 0.3 is 0 Å². The smallest absolute Gasteiger partial charge is 0.0636 e. The third kappa shape index (κ3) is 3.34. The maximum absolute atomic E-state index is 10.0. The average molecular weight is 222 g/mol. The summed E-state index contributed by atoms with van der Waals surface area (Å²) in [7, 11) is 0. The number of hydrogen-bond donors (Lipinski definition) is 1. The minimum Gasteiger partial charge on any atom is -0.392 e. The normalized spacial score (nSPS) is 19.1. The van der Waals surface area contributed by atoms with Crippen molar-refractivity contribution < 1.29 is 5.11 Å². The lowest BCUT2D eigenvalue weighted by molar-refractivity contribution is 0.104. The van der Waals surface area contributed by atoms with Crippen LogP contribution >= 0.6 is 0 Å². The lowest BCUT2D eigenvalue weighted by Crippen LogP contribution is -2.23. The van der Waals surface area contributed by atoms with Gasteiger partial charge < -0.3 is 5.11 Å². The summed E-state index contributed by atoms with van der Waals surface area (Å²) in [5, 5.41) is 10.0. The molecule has 1 aliphatic rings. The second kappa shape index (κ2) is 7.45. The fourth-order valence-electron chi connectivity index (χ4n) is 2.06. The van der Waals surface area contributed by atoms with Gasteiger partial charge in [0.25, 0.3) is 0 Å². The first kappa shape index (κ1) is 15.2. The molecule has 1 N–H and O–H groups in total. The summed E-state index contributed by atoms with van der Waals surface area (Å²) in [6, 6.07) is 0. The molecule has 0 spiro atoms. The van der Waals surface area contributed by atoms with Gasteiger partial charge in [-0.3, -0.25) is 0 Å². The summed E-state index contributed by atoms with van der Waals surface area (Å²) in [5.41, 5.74) is 1.15. The molecule has 1 aliphatic carbocycles. The zero-order chi connectivity index (χ0) is 12.6. The van der Waals surface area contributed by atoms with E-state index in [0.29, 0.717) is 0 Å². The van der Waals surface area contributed by atoms with Crippen molar-refractivity contribution in [2.45, 2.75) is 52.6 Å². The van der Waals surface area contributed by atoms with Crippen LogP contribution in [0.2, 0.25) is 0 Å². The van der Waals surface area contributed by atoms with Crippen molar-refractivity contribution in [2.24, 2.45) is 5.41 Å². The molecule has 0 bridgehead atoms. The molecule has 1 atom stereocenters. The monoisotopic (exact) mass is 222 g/mol. The Hall–Kier alpha value is -0.820. The SMILES string of the molecule is C=C/C=C(\C=C)C1(C(O)CCC)CC1.CC. The highest BCUT2D eigenvalue weighted by Crippen LogP contribution is 2.56. The maximum Gasteiger partial charge on any atom is 0.0636 e. The number of hydrogen-bond acceptors (Lipinski definition) is 1. The maximum atomic E-state index is 10.0. The van der Waals surface area contributed by atoms with Crippen molar-refractivity contribution >= 4 is 0 Å². The van der Waals surface area contributed by atoms with Crippen molar-refractivity contribution in [3.63, 3.8) is 0 Å². The van der Waals surface area contributed by atoms with Gasteiger partial charge in [-0.15, -0.1) is 0 Å². The van der Waals surface area contributed by atoms with Crippen LogP contribution in [-0.4, -0.2) is 11.2 Å². The summed E-state index contributed by atoms with van der Waals surface area (Å²) < 4.78 is 0. The number of aliphatic hydroxyl groups excluding tert-OH is 1. The highest BCUT2D eigenvalue weighted by Gasteiger charge is 2.49. The quantitative estimate of drug-likeness (QED) is 0.666. The van der Waals surface area contributed by atoms with Gasteiger partial charge in [0.05, 0.1) is 6.10 Å². The number of allylic oxidation sites excluding steroid dienone is 3. The van der Waals surface area contributed by atoms with Gasteiger partial charge in [0, 0.05) is 5.41 Å². The van der Waals surface area contributed by atoms with Gasteiger partial charge in [-0.2, -0.15) is 0 Å². The van der Waals surface area contributed by atoms with Crippen LogP contribution in [0.4, 0.5) is 0 Å². The third-order valence-electron chi connectivity index (χ3n) is 3.08. The molecule has 0 amide bonds. The van der Waals surface area contributed by atoms with Gasteiger partial charge in [-0.05, 0) is 24.8 Å². The van der Waals surface area contributed by atoms with Crippen molar-refractivity contribution in [1.82, 2.24) is 0 Å². The number of rotatable bonds is 6. The lowest BCUT2D eigenvalue weighted by atomic mass is 9.87. The fraction of sp³-hybridized carbons (Fsp3) is 0.600. The van der Waals surface area contributed by atoms with Gasteiger partial charge in [0.1, 0.15) is 0 Å². The predicted octanol–water partition coefficient (Wildman–Crippen LogP) is 4.25. The molecule has 0 aromatic carbocycles. The van der Waals surface area contributed by atoms with E-state index in [9.17, 15) is 5.11 Å². The molecule has 1 rings (SSSR count). The minimum atomic E-state index is -0.211. The van der Waals surface area contributed by atoms with Gasteiger partial charge in [0.15, 0.2) is 0 Å². The largest absolute Gasteiger partial charge is 0.392 e. The van der Waals surface area contributed by atoms with E-state index in [1.165, 1.54) is 0 Å². The van der Waals surface area contributed by atoms with E-state index < -0.39 is 0 Å².